The van der Waals surface area contributed by atoms with Crippen LogP contribution in [0, 0.1) is 0 Å². The molecule has 25 heavy (non-hydrogen) atoms. The summed E-state index contributed by atoms with van der Waals surface area (Å²) in [6, 6.07) is 0. The molecule has 0 rings (SSSR count). The van der Waals surface area contributed by atoms with Gasteiger partial charge in [-0.25, -0.2) is 0 Å². The number of rotatable bonds is 22. The summed E-state index contributed by atoms with van der Waals surface area (Å²) in [6.45, 7) is 7.06. The van der Waals surface area contributed by atoms with Crippen molar-refractivity contribution in [1.29, 1.82) is 0 Å². The Morgan fingerprint density at radius 1 is 0.320 bits per heavy atom. The minimum Gasteiger partial charge on any atom is -0.317 e. The Balaban J connectivity index is 2.94. The van der Waals surface area contributed by atoms with Gasteiger partial charge < -0.3 is 5.32 Å². The quantitative estimate of drug-likeness (QED) is 0.193. The first-order valence-electron chi connectivity index (χ1n) is 12.1. The van der Waals surface area contributed by atoms with Crippen molar-refractivity contribution in [2.75, 3.05) is 13.1 Å². The lowest BCUT2D eigenvalue weighted by atomic mass is 10.0. The molecule has 0 amide bonds. The first-order chi connectivity index (χ1) is 12.4. The van der Waals surface area contributed by atoms with Gasteiger partial charge in [0.05, 0.1) is 0 Å². The van der Waals surface area contributed by atoms with Crippen LogP contribution in [0.15, 0.2) is 0 Å². The van der Waals surface area contributed by atoms with E-state index in [-0.39, 0.29) is 0 Å². The molecule has 0 aromatic rings. The van der Waals surface area contributed by atoms with Gasteiger partial charge in [-0.1, -0.05) is 129 Å². The first kappa shape index (κ1) is 25.0. The van der Waals surface area contributed by atoms with Crippen LogP contribution in [0.1, 0.15) is 142 Å². The normalized spacial score (nSPS) is 11.3. The molecule has 0 saturated heterocycles. The van der Waals surface area contributed by atoms with Crippen LogP contribution in [-0.2, 0) is 0 Å². The van der Waals surface area contributed by atoms with E-state index in [9.17, 15) is 0 Å². The van der Waals surface area contributed by atoms with E-state index < -0.39 is 0 Å². The molecular weight excluding hydrogens is 302 g/mol. The molecule has 1 N–H and O–H groups in total. The molecule has 0 fully saturated rings. The lowest BCUT2D eigenvalue weighted by Gasteiger charge is -2.05. The maximum atomic E-state index is 3.59. The van der Waals surface area contributed by atoms with Crippen molar-refractivity contribution >= 4 is 0 Å². The molecule has 0 aliphatic heterocycles. The van der Waals surface area contributed by atoms with Crippen molar-refractivity contribution in [2.45, 2.75) is 142 Å². The van der Waals surface area contributed by atoms with Crippen molar-refractivity contribution in [1.82, 2.24) is 5.32 Å². The van der Waals surface area contributed by atoms with E-state index in [2.05, 4.69) is 19.2 Å². The second kappa shape index (κ2) is 24.0. The highest BCUT2D eigenvalue weighted by atomic mass is 14.8. The number of unbranched alkanes of at least 4 members (excludes halogenated alkanes) is 18. The Labute approximate surface area is 161 Å². The molecule has 0 heterocycles. The number of hydrogen-bond donors (Lipinski definition) is 1. The van der Waals surface area contributed by atoms with E-state index >= 15 is 0 Å². The van der Waals surface area contributed by atoms with E-state index in [0.717, 1.165) is 0 Å². The molecule has 0 aliphatic rings. The second-order valence-electron chi connectivity index (χ2n) is 8.11. The first-order valence-corrected chi connectivity index (χ1v) is 12.1. The molecule has 0 radical (unpaired) electrons. The van der Waals surface area contributed by atoms with Crippen LogP contribution in [0.4, 0.5) is 0 Å². The fraction of sp³-hybridized carbons (Fsp3) is 1.00. The lowest BCUT2D eigenvalue weighted by Crippen LogP contribution is -2.16. The van der Waals surface area contributed by atoms with E-state index in [1.807, 2.05) is 0 Å². The maximum absolute atomic E-state index is 3.59. The van der Waals surface area contributed by atoms with E-state index in [4.69, 9.17) is 0 Å². The molecule has 0 aliphatic carbocycles. The molecule has 0 spiro atoms. The predicted molar refractivity (Wildman–Crippen MR) is 117 cm³/mol. The van der Waals surface area contributed by atoms with Crippen LogP contribution < -0.4 is 5.32 Å². The highest BCUT2D eigenvalue weighted by Crippen LogP contribution is 2.13. The standard InChI is InChI=1S/C24H51N/c1-3-5-7-9-10-11-12-13-14-15-16-17-18-19-20-22-24-25-23-21-8-6-4-2/h25H,3-24H2,1-2H3. The van der Waals surface area contributed by atoms with E-state index in [1.54, 1.807) is 0 Å². The van der Waals surface area contributed by atoms with Gasteiger partial charge in [-0.05, 0) is 25.9 Å². The van der Waals surface area contributed by atoms with Gasteiger partial charge in [0.2, 0.25) is 0 Å². The molecule has 0 aromatic carbocycles. The van der Waals surface area contributed by atoms with Crippen LogP contribution >= 0.6 is 0 Å². The zero-order chi connectivity index (χ0) is 18.3. The number of nitrogens with one attached hydrogen (secondary N) is 1. The zero-order valence-corrected chi connectivity index (χ0v) is 18.1. The van der Waals surface area contributed by atoms with Gasteiger partial charge in [0.15, 0.2) is 0 Å². The van der Waals surface area contributed by atoms with Gasteiger partial charge in [-0.15, -0.1) is 0 Å². The van der Waals surface area contributed by atoms with Gasteiger partial charge in [-0.3, -0.25) is 0 Å². The summed E-state index contributed by atoms with van der Waals surface area (Å²) in [6.07, 6.45) is 28.8. The van der Waals surface area contributed by atoms with Crippen molar-refractivity contribution in [3.8, 4) is 0 Å². The van der Waals surface area contributed by atoms with Crippen LogP contribution in [0.5, 0.6) is 0 Å². The molecule has 0 unspecified atom stereocenters. The second-order valence-corrected chi connectivity index (χ2v) is 8.11. The van der Waals surface area contributed by atoms with Gasteiger partial charge in [-0.2, -0.15) is 0 Å². The van der Waals surface area contributed by atoms with Gasteiger partial charge in [0.25, 0.3) is 0 Å². The molecule has 152 valence electrons. The minimum atomic E-state index is 1.23. The van der Waals surface area contributed by atoms with E-state index in [1.165, 1.54) is 142 Å². The Hall–Kier alpha value is -0.0400. The fourth-order valence-electron chi connectivity index (χ4n) is 3.60. The average Bonchev–Trinajstić information content (AvgIpc) is 2.63. The number of hydrogen-bond acceptors (Lipinski definition) is 1. The summed E-state index contributed by atoms with van der Waals surface area (Å²) in [4.78, 5) is 0. The largest absolute Gasteiger partial charge is 0.317 e. The molecule has 0 aromatic heterocycles. The Kier molecular flexibility index (Phi) is 23.9. The van der Waals surface area contributed by atoms with Crippen molar-refractivity contribution in [3.05, 3.63) is 0 Å². The molecule has 0 bridgehead atoms. The van der Waals surface area contributed by atoms with Crippen molar-refractivity contribution in [2.24, 2.45) is 0 Å². The van der Waals surface area contributed by atoms with Gasteiger partial charge in [0, 0.05) is 0 Å². The topological polar surface area (TPSA) is 12.0 Å². The lowest BCUT2D eigenvalue weighted by molar-refractivity contribution is 0.522. The zero-order valence-electron chi connectivity index (χ0n) is 18.1. The van der Waals surface area contributed by atoms with Crippen molar-refractivity contribution in [3.63, 3.8) is 0 Å². The van der Waals surface area contributed by atoms with Gasteiger partial charge in [0.1, 0.15) is 0 Å². The van der Waals surface area contributed by atoms with Crippen LogP contribution in [0.25, 0.3) is 0 Å². The highest BCUT2D eigenvalue weighted by molar-refractivity contribution is 4.52. The maximum Gasteiger partial charge on any atom is -0.00489 e. The molecule has 0 saturated carbocycles. The summed E-state index contributed by atoms with van der Waals surface area (Å²) in [5, 5.41) is 3.59. The average molecular weight is 354 g/mol. The SMILES string of the molecule is CCCCCCCCCCCCCCCCCCNCCCCCC. The van der Waals surface area contributed by atoms with Crippen LogP contribution in [0.2, 0.25) is 0 Å². The monoisotopic (exact) mass is 353 g/mol. The Morgan fingerprint density at radius 2 is 0.560 bits per heavy atom. The smallest absolute Gasteiger partial charge is 0.00489 e. The highest BCUT2D eigenvalue weighted by Gasteiger charge is 1.95. The molecule has 1 heteroatoms. The Morgan fingerprint density at radius 3 is 0.880 bits per heavy atom. The third-order valence-electron chi connectivity index (χ3n) is 5.41. The van der Waals surface area contributed by atoms with Gasteiger partial charge >= 0.3 is 0 Å². The fourth-order valence-corrected chi connectivity index (χ4v) is 3.60. The summed E-state index contributed by atoms with van der Waals surface area (Å²) in [5.74, 6) is 0. The third-order valence-corrected chi connectivity index (χ3v) is 5.41. The summed E-state index contributed by atoms with van der Waals surface area (Å²) < 4.78 is 0. The van der Waals surface area contributed by atoms with Crippen LogP contribution in [-0.4, -0.2) is 13.1 Å². The molecule has 1 nitrogen and oxygen atoms in total. The minimum absolute atomic E-state index is 1.23. The Bertz CT molecular complexity index is 192. The van der Waals surface area contributed by atoms with Crippen LogP contribution in [0.3, 0.4) is 0 Å². The summed E-state index contributed by atoms with van der Waals surface area (Å²) in [7, 11) is 0. The molecular formula is C24H51N. The molecule has 0 atom stereocenters. The summed E-state index contributed by atoms with van der Waals surface area (Å²) in [5.41, 5.74) is 0. The summed E-state index contributed by atoms with van der Waals surface area (Å²) >= 11 is 0. The predicted octanol–water partition coefficient (Wildman–Crippen LogP) is 8.42. The third kappa shape index (κ3) is 24.0. The van der Waals surface area contributed by atoms with E-state index in [0.29, 0.717) is 0 Å². The van der Waals surface area contributed by atoms with Crippen molar-refractivity contribution < 1.29 is 0 Å².